The Morgan fingerprint density at radius 2 is 2.16 bits per heavy atom. The van der Waals surface area contributed by atoms with E-state index in [2.05, 4.69) is 26.7 Å². The number of aromatic nitrogens is 4. The van der Waals surface area contributed by atoms with E-state index in [-0.39, 0.29) is 17.2 Å². The van der Waals surface area contributed by atoms with Crippen molar-refractivity contribution in [3.8, 4) is 6.07 Å². The van der Waals surface area contributed by atoms with Crippen molar-refractivity contribution < 1.29 is 4.74 Å². The zero-order valence-corrected chi connectivity index (χ0v) is 20.9. The number of benzene rings is 1. The number of allylic oxidation sites excluding steroid dienone is 2. The van der Waals surface area contributed by atoms with Gasteiger partial charge in [0.05, 0.1) is 35.3 Å². The fourth-order valence-corrected chi connectivity index (χ4v) is 5.59. The number of hydrogen-bond donors (Lipinski definition) is 2. The number of hydrogen-bond acceptors (Lipinski definition) is 9. The van der Waals surface area contributed by atoms with E-state index >= 15 is 0 Å². The van der Waals surface area contributed by atoms with Crippen LogP contribution in [-0.2, 0) is 11.3 Å². The van der Waals surface area contributed by atoms with E-state index in [4.69, 9.17) is 9.72 Å². The summed E-state index contributed by atoms with van der Waals surface area (Å²) in [6.07, 6.45) is 7.06. The molecule has 0 bridgehead atoms. The Hall–Kier alpha value is -3.91. The average molecular weight is 512 g/mol. The monoisotopic (exact) mass is 511 g/mol. The van der Waals surface area contributed by atoms with Gasteiger partial charge in [0.1, 0.15) is 17.3 Å². The topological polar surface area (TPSA) is 118 Å². The standard InChI is InChI=1S/C27H25N7O2S/c28-12-19-11-20-13-30-27(32-21-7-5-17(6-8-21)22-14-29-9-10-36-22)33-25(20)34(26(19)35)15-23-24(31-16-37-23)18-3-1-2-4-18/h3,5-8,11,13,16,22,29H,1-2,4,9-10,14-15H2,(H,30,32,33). The summed E-state index contributed by atoms with van der Waals surface area (Å²) in [6.45, 7) is 2.66. The van der Waals surface area contributed by atoms with Crippen LogP contribution in [0, 0.1) is 11.3 Å². The van der Waals surface area contributed by atoms with E-state index in [0.29, 0.717) is 30.1 Å². The van der Waals surface area contributed by atoms with Gasteiger partial charge in [0, 0.05) is 30.4 Å². The maximum absolute atomic E-state index is 13.2. The number of pyridine rings is 1. The molecule has 1 saturated heterocycles. The molecule has 0 radical (unpaired) electrons. The van der Waals surface area contributed by atoms with Gasteiger partial charge in [-0.05, 0) is 48.6 Å². The fraction of sp³-hybridized carbons (Fsp3) is 0.296. The third-order valence-corrected chi connectivity index (χ3v) is 7.52. The van der Waals surface area contributed by atoms with Crippen molar-refractivity contribution in [1.82, 2.24) is 24.8 Å². The second-order valence-electron chi connectivity index (χ2n) is 9.09. The van der Waals surface area contributed by atoms with Crippen LogP contribution in [0.25, 0.3) is 16.6 Å². The highest BCUT2D eigenvalue weighted by molar-refractivity contribution is 7.09. The molecule has 3 aromatic heterocycles. The molecule has 1 fully saturated rings. The summed E-state index contributed by atoms with van der Waals surface area (Å²) in [5.74, 6) is 0.372. The van der Waals surface area contributed by atoms with Crippen molar-refractivity contribution in [2.45, 2.75) is 31.9 Å². The van der Waals surface area contributed by atoms with Crippen molar-refractivity contribution in [1.29, 1.82) is 5.26 Å². The van der Waals surface area contributed by atoms with Gasteiger partial charge in [-0.1, -0.05) is 18.2 Å². The van der Waals surface area contributed by atoms with Crippen LogP contribution in [0.2, 0.25) is 0 Å². The predicted octanol–water partition coefficient (Wildman–Crippen LogP) is 4.14. The Morgan fingerprint density at radius 1 is 1.27 bits per heavy atom. The second kappa shape index (κ2) is 10.2. The van der Waals surface area contributed by atoms with Crippen LogP contribution in [-0.4, -0.2) is 39.2 Å². The quantitative estimate of drug-likeness (QED) is 0.397. The molecule has 1 atom stereocenters. The van der Waals surface area contributed by atoms with Crippen molar-refractivity contribution in [2.75, 3.05) is 25.0 Å². The molecule has 9 nitrogen and oxygen atoms in total. The predicted molar refractivity (Wildman–Crippen MR) is 143 cm³/mol. The number of nitrogens with zero attached hydrogens (tertiary/aromatic N) is 5. The van der Waals surface area contributed by atoms with E-state index in [0.717, 1.165) is 54.2 Å². The first kappa shape index (κ1) is 23.5. The molecular formula is C27H25N7O2S. The lowest BCUT2D eigenvalue weighted by atomic mass is 10.1. The second-order valence-corrected chi connectivity index (χ2v) is 10.0. The Kier molecular flexibility index (Phi) is 6.49. The number of thiazole rings is 1. The number of ether oxygens (including phenoxy) is 1. The van der Waals surface area contributed by atoms with Crippen LogP contribution in [0.15, 0.2) is 52.9 Å². The summed E-state index contributed by atoms with van der Waals surface area (Å²) in [5, 5.41) is 16.8. The van der Waals surface area contributed by atoms with Crippen LogP contribution in [0.3, 0.4) is 0 Å². The summed E-state index contributed by atoms with van der Waals surface area (Å²) in [6, 6.07) is 11.6. The molecular weight excluding hydrogens is 486 g/mol. The minimum absolute atomic E-state index is 0.0418. The molecule has 0 saturated carbocycles. The molecule has 0 amide bonds. The third-order valence-electron chi connectivity index (χ3n) is 6.70. The lowest BCUT2D eigenvalue weighted by Crippen LogP contribution is -2.33. The van der Waals surface area contributed by atoms with Gasteiger partial charge in [-0.15, -0.1) is 11.3 Å². The summed E-state index contributed by atoms with van der Waals surface area (Å²) in [7, 11) is 0. The zero-order chi connectivity index (χ0) is 25.2. The molecule has 1 aromatic carbocycles. The molecule has 10 heteroatoms. The maximum Gasteiger partial charge on any atom is 0.270 e. The van der Waals surface area contributed by atoms with Crippen molar-refractivity contribution in [3.63, 3.8) is 0 Å². The number of nitrogens with one attached hydrogen (secondary N) is 2. The molecule has 0 spiro atoms. The lowest BCUT2D eigenvalue weighted by Gasteiger charge is -2.24. The van der Waals surface area contributed by atoms with Gasteiger partial charge < -0.3 is 15.4 Å². The lowest BCUT2D eigenvalue weighted by molar-refractivity contribution is 0.0277. The van der Waals surface area contributed by atoms with Gasteiger partial charge in [0.15, 0.2) is 0 Å². The molecule has 2 N–H and O–H groups in total. The number of rotatable bonds is 6. The molecule has 1 aliphatic heterocycles. The summed E-state index contributed by atoms with van der Waals surface area (Å²) in [5.41, 5.74) is 6.07. The number of morpholine rings is 1. The van der Waals surface area contributed by atoms with Gasteiger partial charge in [0.25, 0.3) is 5.56 Å². The molecule has 37 heavy (non-hydrogen) atoms. The normalized spacial score (nSPS) is 17.5. The van der Waals surface area contributed by atoms with E-state index in [1.54, 1.807) is 16.8 Å². The Bertz CT molecular complexity index is 1580. The molecule has 6 rings (SSSR count). The smallest absolute Gasteiger partial charge is 0.270 e. The van der Waals surface area contributed by atoms with Crippen LogP contribution >= 0.6 is 11.3 Å². The third kappa shape index (κ3) is 4.76. The molecule has 4 heterocycles. The summed E-state index contributed by atoms with van der Waals surface area (Å²) >= 11 is 1.51. The zero-order valence-electron chi connectivity index (χ0n) is 20.1. The van der Waals surface area contributed by atoms with Gasteiger partial charge in [0.2, 0.25) is 5.95 Å². The first-order valence-electron chi connectivity index (χ1n) is 12.3. The van der Waals surface area contributed by atoms with Crippen LogP contribution in [0.4, 0.5) is 11.6 Å². The van der Waals surface area contributed by atoms with Crippen molar-refractivity contribution in [2.24, 2.45) is 0 Å². The van der Waals surface area contributed by atoms with E-state index in [9.17, 15) is 10.1 Å². The Labute approximate surface area is 217 Å². The van der Waals surface area contributed by atoms with Gasteiger partial charge >= 0.3 is 0 Å². The van der Waals surface area contributed by atoms with Crippen molar-refractivity contribution in [3.05, 3.63) is 80.2 Å². The summed E-state index contributed by atoms with van der Waals surface area (Å²) in [4.78, 5) is 27.9. The first-order chi connectivity index (χ1) is 18.2. The highest BCUT2D eigenvalue weighted by Crippen LogP contribution is 2.31. The first-order valence-corrected chi connectivity index (χ1v) is 13.2. The minimum Gasteiger partial charge on any atom is -0.371 e. The van der Waals surface area contributed by atoms with Crippen LogP contribution < -0.4 is 16.2 Å². The maximum atomic E-state index is 13.2. The van der Waals surface area contributed by atoms with E-state index < -0.39 is 0 Å². The highest BCUT2D eigenvalue weighted by Gasteiger charge is 2.19. The Balaban J connectivity index is 1.33. The minimum atomic E-state index is -0.371. The van der Waals surface area contributed by atoms with E-state index in [1.165, 1.54) is 16.9 Å². The molecule has 4 aromatic rings. The average Bonchev–Trinajstić information content (AvgIpc) is 3.63. The van der Waals surface area contributed by atoms with Gasteiger partial charge in [-0.3, -0.25) is 9.36 Å². The van der Waals surface area contributed by atoms with Crippen LogP contribution in [0.5, 0.6) is 0 Å². The number of fused-ring (bicyclic) bond motifs is 1. The van der Waals surface area contributed by atoms with Crippen molar-refractivity contribution >= 4 is 39.6 Å². The number of nitriles is 1. The fourth-order valence-electron chi connectivity index (χ4n) is 4.81. The highest BCUT2D eigenvalue weighted by atomic mass is 32.1. The van der Waals surface area contributed by atoms with Gasteiger partial charge in [-0.25, -0.2) is 9.97 Å². The molecule has 1 unspecified atom stereocenters. The SMILES string of the molecule is N#Cc1cc2cnc(Nc3ccc(C4CNCCO4)cc3)nc2n(Cc2scnc2C2=CCCC2)c1=O. The van der Waals surface area contributed by atoms with Crippen LogP contribution in [0.1, 0.15) is 47.1 Å². The Morgan fingerprint density at radius 3 is 2.92 bits per heavy atom. The number of anilines is 2. The molecule has 1 aliphatic carbocycles. The van der Waals surface area contributed by atoms with Gasteiger partial charge in [-0.2, -0.15) is 10.2 Å². The van der Waals surface area contributed by atoms with E-state index in [1.807, 2.05) is 35.8 Å². The molecule has 2 aliphatic rings. The molecule has 186 valence electrons. The largest absolute Gasteiger partial charge is 0.371 e. The summed E-state index contributed by atoms with van der Waals surface area (Å²) < 4.78 is 7.39.